The van der Waals surface area contributed by atoms with Crippen LogP contribution >= 0.6 is 0 Å². The highest BCUT2D eigenvalue weighted by Crippen LogP contribution is 2.32. The molecule has 1 aliphatic carbocycles. The fourth-order valence-electron chi connectivity index (χ4n) is 4.30. The number of aliphatic hydroxyl groups is 1. The number of carbonyl (C=O) groups is 2. The number of nitrogens with zero attached hydrogens (tertiary/aromatic N) is 4. The summed E-state index contributed by atoms with van der Waals surface area (Å²) in [6.45, 7) is 4.77. The van der Waals surface area contributed by atoms with E-state index in [2.05, 4.69) is 32.1 Å². The van der Waals surface area contributed by atoms with Gasteiger partial charge >= 0.3 is 0 Å². The number of hydrogen-bond acceptors (Lipinski definition) is 7. The van der Waals surface area contributed by atoms with Crippen molar-refractivity contribution in [3.63, 3.8) is 0 Å². The molecule has 200 valence electrons. The number of nitrogens with one attached hydrogen (secondary N) is 3. The molecule has 3 aromatic rings. The van der Waals surface area contributed by atoms with Gasteiger partial charge in [0.2, 0.25) is 5.91 Å². The summed E-state index contributed by atoms with van der Waals surface area (Å²) in [5.41, 5.74) is 1.62. The van der Waals surface area contributed by atoms with Crippen LogP contribution in [-0.4, -0.2) is 62.4 Å². The maximum absolute atomic E-state index is 14.3. The van der Waals surface area contributed by atoms with Crippen LogP contribution in [-0.2, 0) is 4.79 Å². The van der Waals surface area contributed by atoms with Crippen molar-refractivity contribution in [2.75, 3.05) is 18.4 Å². The fraction of sp³-hybridized carbons (Fsp3) is 0.444. The lowest BCUT2D eigenvalue weighted by molar-refractivity contribution is -0.121. The molecule has 0 spiro atoms. The van der Waals surface area contributed by atoms with Gasteiger partial charge in [0.1, 0.15) is 12.2 Å². The summed E-state index contributed by atoms with van der Waals surface area (Å²) >= 11 is 0. The van der Waals surface area contributed by atoms with Crippen molar-refractivity contribution in [2.45, 2.75) is 57.8 Å². The largest absolute Gasteiger partial charge is 0.387 e. The second-order valence-corrected chi connectivity index (χ2v) is 10.2. The van der Waals surface area contributed by atoms with Crippen LogP contribution in [0.1, 0.15) is 56.0 Å². The Balaban J connectivity index is 1.56. The Morgan fingerprint density at radius 3 is 2.71 bits per heavy atom. The third-order valence-corrected chi connectivity index (χ3v) is 6.75. The van der Waals surface area contributed by atoms with Gasteiger partial charge in [-0.2, -0.15) is 10.4 Å². The maximum Gasteiger partial charge on any atom is 0.255 e. The van der Waals surface area contributed by atoms with Crippen LogP contribution in [0, 0.1) is 17.2 Å². The summed E-state index contributed by atoms with van der Waals surface area (Å²) in [4.78, 5) is 29.0. The molecule has 1 aliphatic rings. The minimum Gasteiger partial charge on any atom is -0.387 e. The van der Waals surface area contributed by atoms with E-state index in [0.29, 0.717) is 41.5 Å². The SMILES string of the molecule is CCC(=O)NCC1CC(Nc2cc(-c3ccc4cc(C#N)cnn34)ncc2C(=O)NC[C@@H](F)C(C)(C)O)C1. The second-order valence-electron chi connectivity index (χ2n) is 10.2. The fourth-order valence-corrected chi connectivity index (χ4v) is 4.30. The number of amides is 2. The normalized spacial score (nSPS) is 17.8. The van der Waals surface area contributed by atoms with Crippen molar-refractivity contribution in [3.05, 3.63) is 47.8 Å². The van der Waals surface area contributed by atoms with Gasteiger partial charge in [-0.05, 0) is 56.9 Å². The summed E-state index contributed by atoms with van der Waals surface area (Å²) in [5.74, 6) is -0.151. The standard InChI is InChI=1S/C27H32FN7O3/c1-4-25(36)31-12-16-7-18(8-16)34-21-10-22(23-6-5-19-9-17(11-29)13-33-35(19)23)30-14-20(21)26(37)32-15-24(28)27(2,3)38/h5-6,9-10,13-14,16,18,24,38H,4,7-8,12,15H2,1-3H3,(H,30,34)(H,31,36)(H,32,37)/t16?,18?,24-/m1/s1. The number of nitriles is 1. The van der Waals surface area contributed by atoms with E-state index in [-0.39, 0.29) is 24.1 Å². The predicted octanol–water partition coefficient (Wildman–Crippen LogP) is 2.82. The first-order chi connectivity index (χ1) is 18.1. The van der Waals surface area contributed by atoms with Crippen LogP contribution < -0.4 is 16.0 Å². The lowest BCUT2D eigenvalue weighted by Crippen LogP contribution is -2.43. The average molecular weight is 522 g/mol. The van der Waals surface area contributed by atoms with Gasteiger partial charge < -0.3 is 21.1 Å². The van der Waals surface area contributed by atoms with E-state index < -0.39 is 17.7 Å². The quantitative estimate of drug-likeness (QED) is 0.321. The number of alkyl halides is 1. The van der Waals surface area contributed by atoms with Crippen molar-refractivity contribution in [3.8, 4) is 17.5 Å². The third kappa shape index (κ3) is 6.08. The molecule has 4 rings (SSSR count). The summed E-state index contributed by atoms with van der Waals surface area (Å²) in [6.07, 6.45) is 3.35. The predicted molar refractivity (Wildman–Crippen MR) is 140 cm³/mol. The van der Waals surface area contributed by atoms with Gasteiger partial charge in [0, 0.05) is 25.2 Å². The minimum absolute atomic E-state index is 0.0197. The Morgan fingerprint density at radius 1 is 1.26 bits per heavy atom. The number of halogens is 1. The lowest BCUT2D eigenvalue weighted by Gasteiger charge is -2.37. The Labute approximate surface area is 220 Å². The molecule has 10 nitrogen and oxygen atoms in total. The molecular weight excluding hydrogens is 489 g/mol. The summed E-state index contributed by atoms with van der Waals surface area (Å²) < 4.78 is 15.9. The molecule has 4 N–H and O–H groups in total. The van der Waals surface area contributed by atoms with Crippen molar-refractivity contribution >= 4 is 23.0 Å². The highest BCUT2D eigenvalue weighted by atomic mass is 19.1. The van der Waals surface area contributed by atoms with Gasteiger partial charge in [0.15, 0.2) is 0 Å². The molecule has 1 saturated carbocycles. The molecule has 38 heavy (non-hydrogen) atoms. The van der Waals surface area contributed by atoms with E-state index in [0.717, 1.165) is 18.4 Å². The van der Waals surface area contributed by atoms with E-state index in [1.807, 2.05) is 19.1 Å². The highest BCUT2D eigenvalue weighted by Gasteiger charge is 2.31. The third-order valence-electron chi connectivity index (χ3n) is 6.75. The summed E-state index contributed by atoms with van der Waals surface area (Å²) in [5, 5.41) is 32.2. The van der Waals surface area contributed by atoms with Crippen LogP contribution in [0.4, 0.5) is 10.1 Å². The molecule has 0 saturated heterocycles. The van der Waals surface area contributed by atoms with E-state index in [1.54, 1.807) is 16.6 Å². The number of aromatic nitrogens is 3. The van der Waals surface area contributed by atoms with E-state index >= 15 is 0 Å². The molecule has 1 fully saturated rings. The van der Waals surface area contributed by atoms with Gasteiger partial charge in [-0.3, -0.25) is 14.6 Å². The topological polar surface area (TPSA) is 144 Å². The zero-order valence-corrected chi connectivity index (χ0v) is 21.7. The summed E-state index contributed by atoms with van der Waals surface area (Å²) in [7, 11) is 0. The average Bonchev–Trinajstić information content (AvgIpc) is 3.30. The summed E-state index contributed by atoms with van der Waals surface area (Å²) in [6, 6.07) is 9.30. The molecule has 2 amide bonds. The number of anilines is 1. The molecule has 3 heterocycles. The highest BCUT2D eigenvalue weighted by molar-refractivity contribution is 6.00. The van der Waals surface area contributed by atoms with Gasteiger partial charge in [0.05, 0.1) is 52.1 Å². The van der Waals surface area contributed by atoms with E-state index in [9.17, 15) is 19.1 Å². The number of fused-ring (bicyclic) bond motifs is 1. The zero-order chi connectivity index (χ0) is 27.4. The first-order valence-corrected chi connectivity index (χ1v) is 12.6. The molecule has 11 heteroatoms. The zero-order valence-electron chi connectivity index (χ0n) is 21.7. The van der Waals surface area contributed by atoms with Crippen LogP contribution in [0.15, 0.2) is 36.7 Å². The molecule has 0 unspecified atom stereocenters. The Bertz CT molecular complexity index is 1370. The molecule has 0 aromatic carbocycles. The van der Waals surface area contributed by atoms with Crippen LogP contribution in [0.25, 0.3) is 16.9 Å². The van der Waals surface area contributed by atoms with Crippen LogP contribution in [0.2, 0.25) is 0 Å². The molecule has 0 bridgehead atoms. The number of pyridine rings is 1. The van der Waals surface area contributed by atoms with Gasteiger partial charge in [-0.25, -0.2) is 8.91 Å². The van der Waals surface area contributed by atoms with Gasteiger partial charge in [0.25, 0.3) is 5.91 Å². The molecule has 0 aliphatic heterocycles. The van der Waals surface area contributed by atoms with Crippen LogP contribution in [0.3, 0.4) is 0 Å². The molecule has 3 aromatic heterocycles. The molecule has 0 radical (unpaired) electrons. The second kappa shape index (κ2) is 11.1. The van der Waals surface area contributed by atoms with Crippen LogP contribution in [0.5, 0.6) is 0 Å². The van der Waals surface area contributed by atoms with E-state index in [4.69, 9.17) is 5.26 Å². The first-order valence-electron chi connectivity index (χ1n) is 12.6. The Kier molecular flexibility index (Phi) is 7.92. The monoisotopic (exact) mass is 521 g/mol. The van der Waals surface area contributed by atoms with Crippen molar-refractivity contribution in [1.29, 1.82) is 5.26 Å². The van der Waals surface area contributed by atoms with Gasteiger partial charge in [-0.15, -0.1) is 0 Å². The minimum atomic E-state index is -1.64. The van der Waals surface area contributed by atoms with Gasteiger partial charge in [-0.1, -0.05) is 6.92 Å². The number of hydrogen-bond donors (Lipinski definition) is 4. The van der Waals surface area contributed by atoms with Crippen molar-refractivity contribution in [2.24, 2.45) is 5.92 Å². The maximum atomic E-state index is 14.3. The van der Waals surface area contributed by atoms with E-state index in [1.165, 1.54) is 26.2 Å². The smallest absolute Gasteiger partial charge is 0.255 e. The number of rotatable bonds is 10. The number of carbonyl (C=O) groups excluding carboxylic acids is 2. The lowest BCUT2D eigenvalue weighted by atomic mass is 9.80. The Morgan fingerprint density at radius 2 is 2.03 bits per heavy atom. The molecular formula is C27H32FN7O3. The first kappa shape index (κ1) is 27.0. The van der Waals surface area contributed by atoms with Crippen molar-refractivity contribution in [1.82, 2.24) is 25.2 Å². The van der Waals surface area contributed by atoms with Crippen molar-refractivity contribution < 1.29 is 19.1 Å². The molecule has 1 atom stereocenters. The Hall–Kier alpha value is -4.04.